The average Bonchev–Trinajstić information content (AvgIpc) is 2.68. The molecular weight excluding hydrogens is 407 g/mol. The van der Waals surface area contributed by atoms with E-state index >= 15 is 0 Å². The number of unbranched alkanes of at least 4 members (excludes halogenated alkanes) is 1. The summed E-state index contributed by atoms with van der Waals surface area (Å²) in [5.41, 5.74) is 2.86. The van der Waals surface area contributed by atoms with Crippen LogP contribution in [0.3, 0.4) is 0 Å². The number of benzene rings is 2. The second-order valence-electron chi connectivity index (χ2n) is 7.26. The Morgan fingerprint density at radius 2 is 1.83 bits per heavy atom. The molecule has 0 aliphatic heterocycles. The molecule has 0 aliphatic rings. The third-order valence-corrected chi connectivity index (χ3v) is 5.51. The molecule has 29 heavy (non-hydrogen) atoms. The SMILES string of the molecule is CCCCNC(=O)[C@H](C)N(Cc1cccc(C)c1)C(=O)Cc1ccc(Cl)c(Cl)c1. The van der Waals surface area contributed by atoms with E-state index in [2.05, 4.69) is 12.2 Å². The molecule has 0 aliphatic carbocycles. The zero-order valence-electron chi connectivity index (χ0n) is 17.2. The molecule has 0 spiro atoms. The zero-order chi connectivity index (χ0) is 21.4. The van der Waals surface area contributed by atoms with E-state index in [4.69, 9.17) is 23.2 Å². The minimum atomic E-state index is -0.581. The van der Waals surface area contributed by atoms with Crippen molar-refractivity contribution in [2.24, 2.45) is 0 Å². The van der Waals surface area contributed by atoms with Gasteiger partial charge >= 0.3 is 0 Å². The Kier molecular flexibility index (Phi) is 8.99. The van der Waals surface area contributed by atoms with Crippen LogP contribution >= 0.6 is 23.2 Å². The van der Waals surface area contributed by atoms with Crippen LogP contribution in [0.25, 0.3) is 0 Å². The van der Waals surface area contributed by atoms with Gasteiger partial charge in [0.2, 0.25) is 11.8 Å². The lowest BCUT2D eigenvalue weighted by Crippen LogP contribution is -2.48. The summed E-state index contributed by atoms with van der Waals surface area (Å²) in [4.78, 5) is 27.4. The van der Waals surface area contributed by atoms with Gasteiger partial charge in [0.1, 0.15) is 6.04 Å². The molecule has 1 N–H and O–H groups in total. The molecule has 2 amide bonds. The number of halogens is 2. The van der Waals surface area contributed by atoms with E-state index in [1.54, 1.807) is 30.0 Å². The first kappa shape index (κ1) is 23.2. The standard InChI is InChI=1S/C23H28Cl2N2O2/c1-4-5-11-26-23(29)17(3)27(15-19-8-6-7-16(2)12-19)22(28)14-18-9-10-20(24)21(25)13-18/h6-10,12-13,17H,4-5,11,14-15H2,1-3H3,(H,26,29)/t17-/m0/s1. The smallest absolute Gasteiger partial charge is 0.242 e. The molecule has 0 fully saturated rings. The Morgan fingerprint density at radius 1 is 1.07 bits per heavy atom. The summed E-state index contributed by atoms with van der Waals surface area (Å²) in [6, 6.07) is 12.5. The third-order valence-electron chi connectivity index (χ3n) is 4.77. The maximum absolute atomic E-state index is 13.1. The lowest BCUT2D eigenvalue weighted by Gasteiger charge is -2.29. The van der Waals surface area contributed by atoms with Crippen molar-refractivity contribution in [1.82, 2.24) is 10.2 Å². The predicted octanol–water partition coefficient (Wildman–Crippen LogP) is 5.18. The van der Waals surface area contributed by atoms with E-state index in [1.807, 2.05) is 31.2 Å². The molecular formula is C23H28Cl2N2O2. The quantitative estimate of drug-likeness (QED) is 0.552. The van der Waals surface area contributed by atoms with Crippen molar-refractivity contribution in [2.45, 2.75) is 52.6 Å². The summed E-state index contributed by atoms with van der Waals surface area (Å²) < 4.78 is 0. The van der Waals surface area contributed by atoms with Crippen LogP contribution in [0.4, 0.5) is 0 Å². The summed E-state index contributed by atoms with van der Waals surface area (Å²) in [7, 11) is 0. The number of hydrogen-bond acceptors (Lipinski definition) is 2. The highest BCUT2D eigenvalue weighted by Crippen LogP contribution is 2.23. The van der Waals surface area contributed by atoms with E-state index in [1.165, 1.54) is 0 Å². The van der Waals surface area contributed by atoms with Crippen molar-refractivity contribution in [2.75, 3.05) is 6.54 Å². The van der Waals surface area contributed by atoms with Crippen LogP contribution < -0.4 is 5.32 Å². The highest BCUT2D eigenvalue weighted by atomic mass is 35.5. The van der Waals surface area contributed by atoms with E-state index in [0.29, 0.717) is 23.1 Å². The van der Waals surface area contributed by atoms with Crippen LogP contribution in [0.2, 0.25) is 10.0 Å². The van der Waals surface area contributed by atoms with E-state index < -0.39 is 6.04 Å². The molecule has 0 saturated heterocycles. The molecule has 2 rings (SSSR count). The van der Waals surface area contributed by atoms with E-state index in [0.717, 1.165) is 29.5 Å². The molecule has 4 nitrogen and oxygen atoms in total. The number of carbonyl (C=O) groups is 2. The molecule has 1 atom stereocenters. The number of nitrogens with zero attached hydrogens (tertiary/aromatic N) is 1. The van der Waals surface area contributed by atoms with Crippen molar-refractivity contribution in [3.8, 4) is 0 Å². The minimum Gasteiger partial charge on any atom is -0.354 e. The van der Waals surface area contributed by atoms with Crippen LogP contribution in [0.5, 0.6) is 0 Å². The Labute approximate surface area is 183 Å². The van der Waals surface area contributed by atoms with Crippen LogP contribution in [-0.4, -0.2) is 29.3 Å². The van der Waals surface area contributed by atoms with Crippen molar-refractivity contribution in [1.29, 1.82) is 0 Å². The Bertz CT molecular complexity index is 855. The molecule has 0 radical (unpaired) electrons. The van der Waals surface area contributed by atoms with E-state index in [9.17, 15) is 9.59 Å². The van der Waals surface area contributed by atoms with E-state index in [-0.39, 0.29) is 18.2 Å². The summed E-state index contributed by atoms with van der Waals surface area (Å²) in [6.07, 6.45) is 2.06. The molecule has 0 bridgehead atoms. The lowest BCUT2D eigenvalue weighted by atomic mass is 10.1. The zero-order valence-corrected chi connectivity index (χ0v) is 18.7. The molecule has 6 heteroatoms. The molecule has 0 unspecified atom stereocenters. The molecule has 2 aromatic rings. The van der Waals surface area contributed by atoms with Crippen molar-refractivity contribution < 1.29 is 9.59 Å². The number of amides is 2. The fraction of sp³-hybridized carbons (Fsp3) is 0.391. The van der Waals surface area contributed by atoms with Crippen LogP contribution in [0.1, 0.15) is 43.4 Å². The maximum Gasteiger partial charge on any atom is 0.242 e. The van der Waals surface area contributed by atoms with Crippen LogP contribution in [0.15, 0.2) is 42.5 Å². The van der Waals surface area contributed by atoms with Gasteiger partial charge < -0.3 is 10.2 Å². The summed E-state index contributed by atoms with van der Waals surface area (Å²) in [5.74, 6) is -0.281. The Hall–Kier alpha value is -2.04. The summed E-state index contributed by atoms with van der Waals surface area (Å²) in [6.45, 7) is 6.82. The third kappa shape index (κ3) is 7.06. The first-order valence-electron chi connectivity index (χ1n) is 9.88. The number of aryl methyl sites for hydroxylation is 1. The molecule has 0 aromatic heterocycles. The molecule has 2 aromatic carbocycles. The lowest BCUT2D eigenvalue weighted by molar-refractivity contribution is -0.140. The van der Waals surface area contributed by atoms with Gasteiger partial charge in [0.15, 0.2) is 0 Å². The number of nitrogens with one attached hydrogen (secondary N) is 1. The molecule has 0 saturated carbocycles. The van der Waals surface area contributed by atoms with Gasteiger partial charge in [-0.1, -0.05) is 72.4 Å². The normalized spacial score (nSPS) is 11.8. The van der Waals surface area contributed by atoms with Gasteiger partial charge in [0, 0.05) is 13.1 Å². The van der Waals surface area contributed by atoms with Gasteiger partial charge in [-0.25, -0.2) is 0 Å². The Morgan fingerprint density at radius 3 is 2.48 bits per heavy atom. The maximum atomic E-state index is 13.1. The van der Waals surface area contributed by atoms with Gasteiger partial charge in [0.05, 0.1) is 16.5 Å². The number of rotatable bonds is 9. The second-order valence-corrected chi connectivity index (χ2v) is 8.07. The first-order chi connectivity index (χ1) is 13.8. The molecule has 156 valence electrons. The van der Waals surface area contributed by atoms with Gasteiger partial charge in [-0.2, -0.15) is 0 Å². The topological polar surface area (TPSA) is 49.4 Å². The van der Waals surface area contributed by atoms with Crippen molar-refractivity contribution >= 4 is 35.0 Å². The highest BCUT2D eigenvalue weighted by Gasteiger charge is 2.26. The van der Waals surface area contributed by atoms with Gasteiger partial charge in [-0.05, 0) is 43.5 Å². The monoisotopic (exact) mass is 434 g/mol. The minimum absolute atomic E-state index is 0.136. The van der Waals surface area contributed by atoms with Crippen LogP contribution in [-0.2, 0) is 22.6 Å². The number of carbonyl (C=O) groups excluding carboxylic acids is 2. The van der Waals surface area contributed by atoms with Crippen LogP contribution in [0, 0.1) is 6.92 Å². The van der Waals surface area contributed by atoms with Gasteiger partial charge in [0.25, 0.3) is 0 Å². The second kappa shape index (κ2) is 11.2. The highest BCUT2D eigenvalue weighted by molar-refractivity contribution is 6.42. The largest absolute Gasteiger partial charge is 0.354 e. The van der Waals surface area contributed by atoms with Gasteiger partial charge in [-0.15, -0.1) is 0 Å². The Balaban J connectivity index is 2.20. The fourth-order valence-electron chi connectivity index (χ4n) is 3.05. The molecule has 0 heterocycles. The summed E-state index contributed by atoms with van der Waals surface area (Å²) >= 11 is 12.1. The van der Waals surface area contributed by atoms with Crippen molar-refractivity contribution in [3.63, 3.8) is 0 Å². The van der Waals surface area contributed by atoms with Crippen molar-refractivity contribution in [3.05, 3.63) is 69.2 Å². The van der Waals surface area contributed by atoms with Gasteiger partial charge in [-0.3, -0.25) is 9.59 Å². The number of hydrogen-bond donors (Lipinski definition) is 1. The average molecular weight is 435 g/mol. The summed E-state index contributed by atoms with van der Waals surface area (Å²) in [5, 5.41) is 3.78. The predicted molar refractivity (Wildman–Crippen MR) is 119 cm³/mol. The first-order valence-corrected chi connectivity index (χ1v) is 10.6. The fourth-order valence-corrected chi connectivity index (χ4v) is 3.37.